The topological polar surface area (TPSA) is 34.1 Å². The van der Waals surface area contributed by atoms with Gasteiger partial charge in [0.15, 0.2) is 8.46 Å². The summed E-state index contributed by atoms with van der Waals surface area (Å²) in [6.07, 6.45) is 3.97. The van der Waals surface area contributed by atoms with E-state index in [0.29, 0.717) is 6.42 Å². The summed E-state index contributed by atoms with van der Waals surface area (Å²) in [5.74, 6) is 0.116. The molecule has 0 spiro atoms. The Labute approximate surface area is 63.2 Å². The van der Waals surface area contributed by atoms with Gasteiger partial charge in [-0.1, -0.05) is 19.8 Å². The van der Waals surface area contributed by atoms with Gasteiger partial charge in [-0.3, -0.25) is 9.36 Å². The van der Waals surface area contributed by atoms with Crippen molar-refractivity contribution in [3.05, 3.63) is 0 Å². The molecular formula is C7H13O2P. The molecule has 0 N–H and O–H groups in total. The van der Waals surface area contributed by atoms with E-state index >= 15 is 0 Å². The first kappa shape index (κ1) is 9.77. The summed E-state index contributed by atoms with van der Waals surface area (Å²) < 4.78 is 9.92. The van der Waals surface area contributed by atoms with E-state index in [4.69, 9.17) is 0 Å². The monoisotopic (exact) mass is 160 g/mol. The van der Waals surface area contributed by atoms with E-state index in [0.717, 1.165) is 19.3 Å². The third kappa shape index (κ3) is 5.90. The number of Topliss-reactive ketones (excluding diaryl/α,β-unsaturated/α-hetero) is 1. The van der Waals surface area contributed by atoms with Crippen LogP contribution in [-0.2, 0) is 9.36 Å². The molecule has 0 saturated carbocycles. The van der Waals surface area contributed by atoms with Crippen LogP contribution in [0.5, 0.6) is 0 Å². The molecule has 0 aromatic carbocycles. The van der Waals surface area contributed by atoms with E-state index in [2.05, 4.69) is 6.92 Å². The van der Waals surface area contributed by atoms with E-state index in [1.54, 1.807) is 0 Å². The Balaban J connectivity index is 3.13. The molecule has 0 rings (SSSR count). The molecule has 0 aliphatic rings. The number of carbonyl (C=O) groups excluding carboxylic acids is 1. The Morgan fingerprint density at radius 1 is 1.40 bits per heavy atom. The molecule has 0 fully saturated rings. The van der Waals surface area contributed by atoms with Crippen molar-refractivity contribution in [3.8, 4) is 0 Å². The van der Waals surface area contributed by atoms with Gasteiger partial charge < -0.3 is 0 Å². The zero-order valence-electron chi connectivity index (χ0n) is 6.30. The second-order valence-electron chi connectivity index (χ2n) is 2.28. The maximum absolute atomic E-state index is 10.7. The summed E-state index contributed by atoms with van der Waals surface area (Å²) in [6, 6.07) is 0. The molecule has 0 aromatic rings. The van der Waals surface area contributed by atoms with E-state index in [1.165, 1.54) is 0 Å². The van der Waals surface area contributed by atoms with Crippen molar-refractivity contribution in [2.24, 2.45) is 0 Å². The fraction of sp³-hybridized carbons (Fsp3) is 0.857. The summed E-state index contributed by atoms with van der Waals surface area (Å²) in [7, 11) is -0.0406. The molecule has 0 unspecified atom stereocenters. The van der Waals surface area contributed by atoms with Crippen LogP contribution >= 0.6 is 8.46 Å². The largest absolute Gasteiger partial charge is 0.299 e. The minimum atomic E-state index is -0.0406. The number of hydrogen-bond donors (Lipinski definition) is 0. The molecule has 58 valence electrons. The van der Waals surface area contributed by atoms with Gasteiger partial charge >= 0.3 is 0 Å². The first-order valence-electron chi connectivity index (χ1n) is 3.62. The van der Waals surface area contributed by atoms with Gasteiger partial charge in [0.2, 0.25) is 0 Å². The quantitative estimate of drug-likeness (QED) is 0.441. The second kappa shape index (κ2) is 6.88. The Morgan fingerprint density at radius 2 is 2.10 bits per heavy atom. The van der Waals surface area contributed by atoms with Gasteiger partial charge in [-0.25, -0.2) is 0 Å². The average Bonchev–Trinajstić information content (AvgIpc) is 1.89. The number of ketones is 1. The molecule has 0 radical (unpaired) electrons. The molecule has 0 bridgehead atoms. The van der Waals surface area contributed by atoms with Crippen LogP contribution in [0.3, 0.4) is 0 Å². The molecule has 0 saturated heterocycles. The number of rotatable bonds is 6. The van der Waals surface area contributed by atoms with Gasteiger partial charge in [0.25, 0.3) is 0 Å². The van der Waals surface area contributed by atoms with Crippen LogP contribution < -0.4 is 0 Å². The summed E-state index contributed by atoms with van der Waals surface area (Å²) in [5, 5.41) is 0. The van der Waals surface area contributed by atoms with Crippen molar-refractivity contribution in [1.29, 1.82) is 0 Å². The zero-order chi connectivity index (χ0) is 7.82. The van der Waals surface area contributed by atoms with E-state index in [1.807, 2.05) is 0 Å². The van der Waals surface area contributed by atoms with Crippen molar-refractivity contribution in [3.63, 3.8) is 0 Å². The predicted molar refractivity (Wildman–Crippen MR) is 41.6 cm³/mol. The smallest absolute Gasteiger partial charge is 0.163 e. The van der Waals surface area contributed by atoms with E-state index in [-0.39, 0.29) is 20.4 Å². The van der Waals surface area contributed by atoms with E-state index in [9.17, 15) is 9.36 Å². The molecule has 0 heterocycles. The second-order valence-corrected chi connectivity index (χ2v) is 2.86. The Hall–Kier alpha value is -0.230. The predicted octanol–water partition coefficient (Wildman–Crippen LogP) is 2.43. The summed E-state index contributed by atoms with van der Waals surface area (Å²) in [4.78, 5) is 10.7. The molecular weight excluding hydrogens is 147 g/mol. The van der Waals surface area contributed by atoms with Gasteiger partial charge in [-0.05, 0) is 6.42 Å². The number of unbranched alkanes of at least 4 members (excludes halogenated alkanes) is 2. The summed E-state index contributed by atoms with van der Waals surface area (Å²) >= 11 is 0. The van der Waals surface area contributed by atoms with Gasteiger partial charge in [0, 0.05) is 6.42 Å². The Bertz CT molecular complexity index is 112. The Kier molecular flexibility index (Phi) is 6.73. The SMILES string of the molecule is CCCCCC(=O)CP=O. The number of carbonyl (C=O) groups is 1. The maximum Gasteiger partial charge on any atom is 0.163 e. The summed E-state index contributed by atoms with van der Waals surface area (Å²) in [5.41, 5.74) is 0. The first-order chi connectivity index (χ1) is 4.81. The third-order valence-electron chi connectivity index (χ3n) is 1.30. The molecule has 0 aliphatic heterocycles. The molecule has 3 heteroatoms. The van der Waals surface area contributed by atoms with Crippen LogP contribution in [0, 0.1) is 0 Å². The molecule has 10 heavy (non-hydrogen) atoms. The van der Waals surface area contributed by atoms with E-state index < -0.39 is 0 Å². The lowest BCUT2D eigenvalue weighted by atomic mass is 10.2. The minimum absolute atomic E-state index is 0.0406. The van der Waals surface area contributed by atoms with Gasteiger partial charge in [-0.15, -0.1) is 0 Å². The zero-order valence-corrected chi connectivity index (χ0v) is 7.19. The molecule has 0 aliphatic carbocycles. The van der Waals surface area contributed by atoms with Crippen molar-refractivity contribution >= 4 is 14.2 Å². The highest BCUT2D eigenvalue weighted by atomic mass is 31.1. The molecule has 0 atom stereocenters. The molecule has 2 nitrogen and oxygen atoms in total. The van der Waals surface area contributed by atoms with Gasteiger partial charge in [-0.2, -0.15) is 0 Å². The number of hydrogen-bond acceptors (Lipinski definition) is 2. The van der Waals surface area contributed by atoms with Gasteiger partial charge in [0.1, 0.15) is 5.78 Å². The lowest BCUT2D eigenvalue weighted by Gasteiger charge is -1.93. The molecule has 0 aromatic heterocycles. The van der Waals surface area contributed by atoms with Crippen LogP contribution in [0.15, 0.2) is 0 Å². The highest BCUT2D eigenvalue weighted by Gasteiger charge is 1.99. The fourth-order valence-electron chi connectivity index (χ4n) is 0.723. The highest BCUT2D eigenvalue weighted by Crippen LogP contribution is 2.02. The summed E-state index contributed by atoms with van der Waals surface area (Å²) in [6.45, 7) is 2.09. The third-order valence-corrected chi connectivity index (χ3v) is 1.78. The lowest BCUT2D eigenvalue weighted by molar-refractivity contribution is -0.116. The van der Waals surface area contributed by atoms with Crippen molar-refractivity contribution in [2.75, 3.05) is 6.16 Å². The van der Waals surface area contributed by atoms with Gasteiger partial charge in [0.05, 0.1) is 6.16 Å². The normalized spacial score (nSPS) is 10.1. The fourth-order valence-corrected chi connectivity index (χ4v) is 1.03. The van der Waals surface area contributed by atoms with Crippen molar-refractivity contribution < 1.29 is 9.36 Å². The minimum Gasteiger partial charge on any atom is -0.299 e. The molecule has 0 amide bonds. The maximum atomic E-state index is 10.7. The average molecular weight is 160 g/mol. The first-order valence-corrected chi connectivity index (χ1v) is 4.61. The standard InChI is InChI=1S/C7H13O2P/c1-2-3-4-5-7(8)6-10-9/h2-6H2,1H3. The van der Waals surface area contributed by atoms with Crippen LogP contribution in [0.2, 0.25) is 0 Å². The Morgan fingerprint density at radius 3 is 2.60 bits per heavy atom. The van der Waals surface area contributed by atoms with Crippen molar-refractivity contribution in [1.82, 2.24) is 0 Å². The highest BCUT2D eigenvalue weighted by molar-refractivity contribution is 7.25. The van der Waals surface area contributed by atoms with Crippen LogP contribution in [0.25, 0.3) is 0 Å². The van der Waals surface area contributed by atoms with Crippen LogP contribution in [0.1, 0.15) is 32.6 Å². The van der Waals surface area contributed by atoms with Crippen LogP contribution in [0.4, 0.5) is 0 Å². The lowest BCUT2D eigenvalue weighted by Crippen LogP contribution is -1.97. The van der Waals surface area contributed by atoms with Crippen LogP contribution in [-0.4, -0.2) is 11.9 Å². The van der Waals surface area contributed by atoms with Crippen molar-refractivity contribution in [2.45, 2.75) is 32.6 Å².